The normalized spacial score (nSPS) is 32.0. The summed E-state index contributed by atoms with van der Waals surface area (Å²) in [7, 11) is 1.34. The number of aromatic hydroxyl groups is 3. The maximum atomic E-state index is 12.9. The summed E-state index contributed by atoms with van der Waals surface area (Å²) in [6.07, 6.45) is -17.6. The van der Waals surface area contributed by atoms with Crippen LogP contribution in [-0.2, 0) is 14.2 Å². The lowest BCUT2D eigenvalue weighted by atomic mass is 9.97. The molecule has 2 aliphatic heterocycles. The number of benzene rings is 2. The molecule has 5 rings (SSSR count). The number of phenolic OH excluding ortho intramolecular Hbond substituents is 3. The zero-order chi connectivity index (χ0) is 32.7. The van der Waals surface area contributed by atoms with E-state index in [0.29, 0.717) is 0 Å². The Morgan fingerprint density at radius 2 is 1.40 bits per heavy atom. The minimum absolute atomic E-state index is 0.131. The van der Waals surface area contributed by atoms with E-state index in [1.54, 1.807) is 0 Å². The summed E-state index contributed by atoms with van der Waals surface area (Å²) < 4.78 is 32.9. The third kappa shape index (κ3) is 5.98. The van der Waals surface area contributed by atoms with Crippen LogP contribution >= 0.6 is 0 Å². The van der Waals surface area contributed by atoms with Gasteiger partial charge in [-0.1, -0.05) is 0 Å². The quantitative estimate of drug-likeness (QED) is 0.115. The van der Waals surface area contributed by atoms with Gasteiger partial charge >= 0.3 is 0 Å². The number of phenols is 3. The van der Waals surface area contributed by atoms with Gasteiger partial charge in [-0.05, 0) is 18.2 Å². The van der Waals surface area contributed by atoms with Crippen LogP contribution < -0.4 is 14.9 Å². The van der Waals surface area contributed by atoms with Crippen LogP contribution in [0.1, 0.15) is 0 Å². The first-order valence-corrected chi connectivity index (χ1v) is 13.5. The number of rotatable bonds is 8. The van der Waals surface area contributed by atoms with E-state index in [1.807, 2.05) is 0 Å². The maximum absolute atomic E-state index is 12.9. The summed E-state index contributed by atoms with van der Waals surface area (Å²) in [5, 5.41) is 103. The van der Waals surface area contributed by atoms with Gasteiger partial charge in [0.2, 0.25) is 12.0 Å². The zero-order valence-corrected chi connectivity index (χ0v) is 23.4. The number of hydrogen-bond acceptors (Lipinski definition) is 17. The second-order valence-corrected chi connectivity index (χ2v) is 10.4. The van der Waals surface area contributed by atoms with Crippen LogP contribution in [0, 0.1) is 0 Å². The van der Waals surface area contributed by atoms with E-state index in [1.165, 1.54) is 25.3 Å². The molecule has 2 fully saturated rings. The van der Waals surface area contributed by atoms with Gasteiger partial charge in [0.1, 0.15) is 59.6 Å². The molecule has 2 aromatic carbocycles. The smallest absolute Gasteiger partial charge is 0.229 e. The Kier molecular flexibility index (Phi) is 9.38. The average molecular weight is 641 g/mol. The number of aliphatic hydroxyl groups is 7. The summed E-state index contributed by atoms with van der Waals surface area (Å²) in [6, 6.07) is 5.94. The molecule has 10 N–H and O–H groups in total. The van der Waals surface area contributed by atoms with Crippen LogP contribution in [-0.4, -0.2) is 133 Å². The first-order valence-electron chi connectivity index (χ1n) is 13.5. The Labute approximate surface area is 252 Å². The summed E-state index contributed by atoms with van der Waals surface area (Å²) >= 11 is 0. The highest BCUT2D eigenvalue weighted by molar-refractivity contribution is 5.91. The predicted octanol–water partition coefficient (Wildman–Crippen LogP) is -2.41. The lowest BCUT2D eigenvalue weighted by molar-refractivity contribution is -0.358. The molecular weight excluding hydrogens is 608 g/mol. The van der Waals surface area contributed by atoms with E-state index < -0.39 is 108 Å². The zero-order valence-electron chi connectivity index (χ0n) is 23.4. The molecule has 45 heavy (non-hydrogen) atoms. The van der Waals surface area contributed by atoms with Gasteiger partial charge in [0.25, 0.3) is 0 Å². The van der Waals surface area contributed by atoms with Gasteiger partial charge < -0.3 is 79.2 Å². The molecule has 0 radical (unpaired) electrons. The molecule has 0 saturated carbocycles. The number of ether oxygens (including phenoxy) is 5. The monoisotopic (exact) mass is 640 g/mol. The van der Waals surface area contributed by atoms with Gasteiger partial charge in [0, 0.05) is 17.7 Å². The maximum Gasteiger partial charge on any atom is 0.229 e. The van der Waals surface area contributed by atoms with Crippen LogP contribution in [0.15, 0.2) is 39.5 Å². The summed E-state index contributed by atoms with van der Waals surface area (Å²) in [4.78, 5) is 12.9. The minimum Gasteiger partial charge on any atom is -0.507 e. The third-order valence-corrected chi connectivity index (χ3v) is 7.59. The second kappa shape index (κ2) is 12.9. The van der Waals surface area contributed by atoms with Crippen molar-refractivity contribution >= 4 is 11.0 Å². The Morgan fingerprint density at radius 3 is 2.02 bits per heavy atom. The van der Waals surface area contributed by atoms with Gasteiger partial charge in [-0.15, -0.1) is 0 Å². The Bertz CT molecular complexity index is 1570. The van der Waals surface area contributed by atoms with Gasteiger partial charge in [-0.3, -0.25) is 4.79 Å². The van der Waals surface area contributed by atoms with E-state index in [-0.39, 0.29) is 22.8 Å². The minimum atomic E-state index is -1.92. The Balaban J connectivity index is 1.52. The molecular formula is C28H32O17. The topological polar surface area (TPSA) is 279 Å². The first-order chi connectivity index (χ1) is 21.4. The fourth-order valence-electron chi connectivity index (χ4n) is 5.11. The van der Waals surface area contributed by atoms with E-state index in [9.17, 15) is 55.9 Å². The molecule has 246 valence electrons. The second-order valence-electron chi connectivity index (χ2n) is 10.4. The molecule has 1 unspecified atom stereocenters. The summed E-state index contributed by atoms with van der Waals surface area (Å²) in [6.45, 7) is -1.62. The highest BCUT2D eigenvalue weighted by Gasteiger charge is 2.51. The van der Waals surface area contributed by atoms with Gasteiger partial charge in [0.05, 0.1) is 20.3 Å². The fraction of sp³-hybridized carbons (Fsp3) is 0.464. The van der Waals surface area contributed by atoms with Crippen molar-refractivity contribution in [1.82, 2.24) is 0 Å². The fourth-order valence-corrected chi connectivity index (χ4v) is 5.11. The largest absolute Gasteiger partial charge is 0.507 e. The molecule has 2 aliphatic rings. The number of hydrogen-bond donors (Lipinski definition) is 10. The van der Waals surface area contributed by atoms with Crippen molar-refractivity contribution in [2.24, 2.45) is 0 Å². The van der Waals surface area contributed by atoms with Crippen molar-refractivity contribution < 1.29 is 79.2 Å². The highest BCUT2D eigenvalue weighted by Crippen LogP contribution is 2.42. The number of aliphatic hydroxyl groups excluding tert-OH is 7. The van der Waals surface area contributed by atoms with Crippen molar-refractivity contribution in [3.05, 3.63) is 40.6 Å². The Morgan fingerprint density at radius 1 is 0.756 bits per heavy atom. The SMILES string of the molecule is COc1ccc(-c2cc(=O)c3c(O)cc(O[C@@H]4O[C@H](CO)[C@@H](O)[C@H](O)C4O[C@@H]4O[C@H](CO)[C@@H](O)[C@@H](O)[C@H]4O)c(O)c3o2)cc1O. The van der Waals surface area contributed by atoms with Crippen LogP contribution in [0.5, 0.6) is 28.7 Å². The van der Waals surface area contributed by atoms with E-state index >= 15 is 0 Å². The predicted molar refractivity (Wildman–Crippen MR) is 146 cm³/mol. The van der Waals surface area contributed by atoms with Crippen LogP contribution in [0.4, 0.5) is 0 Å². The molecule has 0 spiro atoms. The third-order valence-electron chi connectivity index (χ3n) is 7.59. The molecule has 17 heteroatoms. The van der Waals surface area contributed by atoms with Crippen molar-refractivity contribution in [3.63, 3.8) is 0 Å². The van der Waals surface area contributed by atoms with E-state index in [4.69, 9.17) is 28.1 Å². The molecule has 3 heterocycles. The van der Waals surface area contributed by atoms with Gasteiger partial charge in [0.15, 0.2) is 40.7 Å². The molecule has 10 atom stereocenters. The highest BCUT2D eigenvalue weighted by atomic mass is 16.8. The van der Waals surface area contributed by atoms with Crippen LogP contribution in [0.2, 0.25) is 0 Å². The molecule has 0 aliphatic carbocycles. The van der Waals surface area contributed by atoms with E-state index in [0.717, 1.165) is 12.1 Å². The standard InChI is InChI=1S/C28H32O17/c1-40-13-3-2-9(4-10(13)31)14-5-11(32)18-12(33)6-15(21(36)25(18)41-14)42-28-26(23(38)20(35)17(8-30)44-28)45-27-24(39)22(37)19(34)16(7-29)43-27/h2-6,16-17,19-20,22-24,26-31,33-39H,7-8H2,1H3/t16-,17-,19-,20-,22-,23+,24-,26?,27+,28-/m1/s1. The molecule has 17 nitrogen and oxygen atoms in total. The number of fused-ring (bicyclic) bond motifs is 1. The van der Waals surface area contributed by atoms with E-state index in [2.05, 4.69) is 0 Å². The van der Waals surface area contributed by atoms with Crippen molar-refractivity contribution in [2.75, 3.05) is 20.3 Å². The van der Waals surface area contributed by atoms with Crippen LogP contribution in [0.3, 0.4) is 0 Å². The Hall–Kier alpha value is -3.75. The number of methoxy groups -OCH3 is 1. The lowest BCUT2D eigenvalue weighted by Gasteiger charge is -2.45. The van der Waals surface area contributed by atoms with Crippen molar-refractivity contribution in [1.29, 1.82) is 0 Å². The lowest BCUT2D eigenvalue weighted by Crippen LogP contribution is -2.65. The molecule has 2 saturated heterocycles. The first kappa shape index (κ1) is 32.6. The van der Waals surface area contributed by atoms with Gasteiger partial charge in [-0.2, -0.15) is 0 Å². The van der Waals surface area contributed by atoms with Crippen molar-refractivity contribution in [3.8, 4) is 40.1 Å². The molecule has 3 aromatic rings. The van der Waals surface area contributed by atoms with Gasteiger partial charge in [-0.25, -0.2) is 0 Å². The molecule has 0 bridgehead atoms. The average Bonchev–Trinajstić information content (AvgIpc) is 3.02. The van der Waals surface area contributed by atoms with Crippen molar-refractivity contribution in [2.45, 2.75) is 61.4 Å². The molecule has 1 aromatic heterocycles. The summed E-state index contributed by atoms with van der Waals surface area (Å²) in [5.41, 5.74) is -1.13. The molecule has 0 amide bonds. The van der Waals surface area contributed by atoms with Crippen LogP contribution in [0.25, 0.3) is 22.3 Å². The summed E-state index contributed by atoms with van der Waals surface area (Å²) in [5.74, 6) is -2.41.